The van der Waals surface area contributed by atoms with Gasteiger partial charge in [-0.1, -0.05) is 29.8 Å². The third kappa shape index (κ3) is 2.58. The summed E-state index contributed by atoms with van der Waals surface area (Å²) in [6, 6.07) is 14.1. The summed E-state index contributed by atoms with van der Waals surface area (Å²) >= 11 is 0. The molecule has 5 nitrogen and oxygen atoms in total. The summed E-state index contributed by atoms with van der Waals surface area (Å²) in [6.07, 6.45) is 2.96. The Balaban J connectivity index is 1.69. The first-order chi connectivity index (χ1) is 11.7. The van der Waals surface area contributed by atoms with Crippen LogP contribution in [0, 0.1) is 6.92 Å². The van der Waals surface area contributed by atoms with Gasteiger partial charge < -0.3 is 9.09 Å². The maximum absolute atomic E-state index is 5.41. The molecule has 0 spiro atoms. The summed E-state index contributed by atoms with van der Waals surface area (Å²) in [5.74, 6) is 1.11. The number of fused-ring (bicyclic) bond motifs is 1. The number of imidazole rings is 1. The second-order valence-electron chi connectivity index (χ2n) is 5.93. The van der Waals surface area contributed by atoms with Crippen molar-refractivity contribution in [2.24, 2.45) is 0 Å². The molecule has 24 heavy (non-hydrogen) atoms. The molecule has 0 fully saturated rings. The maximum Gasteiger partial charge on any atom is 0.258 e. The molecule has 0 amide bonds. The molecule has 0 aliphatic heterocycles. The number of rotatable bonds is 4. The maximum atomic E-state index is 5.41. The van der Waals surface area contributed by atoms with E-state index in [1.54, 1.807) is 0 Å². The molecular formula is C19H18N4O. The highest BCUT2D eigenvalue weighted by molar-refractivity contribution is 5.80. The predicted molar refractivity (Wildman–Crippen MR) is 93.5 cm³/mol. The molecule has 5 heteroatoms. The van der Waals surface area contributed by atoms with E-state index in [4.69, 9.17) is 4.52 Å². The largest absolute Gasteiger partial charge is 0.334 e. The minimum Gasteiger partial charge on any atom is -0.334 e. The summed E-state index contributed by atoms with van der Waals surface area (Å²) in [6.45, 7) is 5.18. The van der Waals surface area contributed by atoms with Gasteiger partial charge in [-0.2, -0.15) is 4.98 Å². The van der Waals surface area contributed by atoms with Gasteiger partial charge in [-0.3, -0.25) is 0 Å². The Hall–Kier alpha value is -2.95. The van der Waals surface area contributed by atoms with Crippen molar-refractivity contribution in [2.75, 3.05) is 0 Å². The van der Waals surface area contributed by atoms with Gasteiger partial charge in [0.1, 0.15) is 0 Å². The minimum absolute atomic E-state index is 0.529. The van der Waals surface area contributed by atoms with E-state index in [2.05, 4.69) is 39.6 Å². The van der Waals surface area contributed by atoms with Crippen molar-refractivity contribution in [3.8, 4) is 22.8 Å². The zero-order valence-electron chi connectivity index (χ0n) is 13.7. The Labute approximate surface area is 140 Å². The first kappa shape index (κ1) is 14.6. The van der Waals surface area contributed by atoms with Gasteiger partial charge in [0.15, 0.2) is 0 Å². The van der Waals surface area contributed by atoms with Crippen LogP contribution in [0.1, 0.15) is 18.9 Å². The van der Waals surface area contributed by atoms with E-state index in [1.165, 1.54) is 5.56 Å². The summed E-state index contributed by atoms with van der Waals surface area (Å²) < 4.78 is 7.57. The third-order valence-electron chi connectivity index (χ3n) is 4.07. The number of benzene rings is 2. The van der Waals surface area contributed by atoms with E-state index in [0.29, 0.717) is 11.7 Å². The van der Waals surface area contributed by atoms with E-state index in [0.717, 1.165) is 35.1 Å². The standard InChI is InChI=1S/C19H18N4O/c1-3-10-23-12-20-16-11-15(8-9-17(16)23)18-21-19(24-22-18)14-6-4-13(2)5-7-14/h4-9,11-12H,3,10H2,1-2H3. The molecule has 0 radical (unpaired) electrons. The Bertz CT molecular complexity index is 982. The molecule has 0 saturated heterocycles. The smallest absolute Gasteiger partial charge is 0.258 e. The van der Waals surface area contributed by atoms with Crippen LogP contribution in [0.25, 0.3) is 33.9 Å². The van der Waals surface area contributed by atoms with Crippen molar-refractivity contribution in [3.63, 3.8) is 0 Å². The summed E-state index contributed by atoms with van der Waals surface area (Å²) in [5.41, 5.74) is 5.11. The number of aromatic nitrogens is 4. The Morgan fingerprint density at radius 2 is 1.83 bits per heavy atom. The van der Waals surface area contributed by atoms with E-state index < -0.39 is 0 Å². The SMILES string of the molecule is CCCn1cnc2cc(-c3noc(-c4ccc(C)cc4)n3)ccc21. The van der Waals surface area contributed by atoms with E-state index in [1.807, 2.05) is 42.7 Å². The monoisotopic (exact) mass is 318 g/mol. The first-order valence-corrected chi connectivity index (χ1v) is 8.10. The molecule has 0 bridgehead atoms. The fraction of sp³-hybridized carbons (Fsp3) is 0.211. The molecule has 0 saturated carbocycles. The molecule has 120 valence electrons. The Morgan fingerprint density at radius 1 is 1.04 bits per heavy atom. The Kier molecular flexibility index (Phi) is 3.61. The van der Waals surface area contributed by atoms with Gasteiger partial charge in [0.25, 0.3) is 5.89 Å². The molecule has 0 aliphatic rings. The average molecular weight is 318 g/mol. The van der Waals surface area contributed by atoms with Crippen molar-refractivity contribution >= 4 is 11.0 Å². The highest BCUT2D eigenvalue weighted by atomic mass is 16.5. The van der Waals surface area contributed by atoms with Gasteiger partial charge >= 0.3 is 0 Å². The molecule has 2 aromatic heterocycles. The normalized spacial score (nSPS) is 11.2. The zero-order valence-corrected chi connectivity index (χ0v) is 13.7. The van der Waals surface area contributed by atoms with E-state index in [9.17, 15) is 0 Å². The molecule has 4 rings (SSSR count). The molecule has 0 N–H and O–H groups in total. The second-order valence-corrected chi connectivity index (χ2v) is 5.93. The number of aryl methyl sites for hydroxylation is 2. The Morgan fingerprint density at radius 3 is 2.62 bits per heavy atom. The van der Waals surface area contributed by atoms with Gasteiger partial charge in [-0.05, 0) is 43.7 Å². The lowest BCUT2D eigenvalue weighted by atomic mass is 10.1. The van der Waals surface area contributed by atoms with Crippen LogP contribution < -0.4 is 0 Å². The van der Waals surface area contributed by atoms with Gasteiger partial charge in [-0.15, -0.1) is 0 Å². The van der Waals surface area contributed by atoms with Crippen molar-refractivity contribution in [1.29, 1.82) is 0 Å². The molecule has 4 aromatic rings. The molecule has 2 aromatic carbocycles. The van der Waals surface area contributed by atoms with Crippen molar-refractivity contribution in [1.82, 2.24) is 19.7 Å². The fourth-order valence-electron chi connectivity index (χ4n) is 2.78. The lowest BCUT2D eigenvalue weighted by molar-refractivity contribution is 0.432. The van der Waals surface area contributed by atoms with Crippen LogP contribution in [0.3, 0.4) is 0 Å². The third-order valence-corrected chi connectivity index (χ3v) is 4.07. The highest BCUT2D eigenvalue weighted by Gasteiger charge is 2.12. The second kappa shape index (κ2) is 5.92. The van der Waals surface area contributed by atoms with Crippen molar-refractivity contribution < 1.29 is 4.52 Å². The zero-order chi connectivity index (χ0) is 16.5. The number of hydrogen-bond acceptors (Lipinski definition) is 4. The van der Waals surface area contributed by atoms with Gasteiger partial charge in [0.2, 0.25) is 5.82 Å². The summed E-state index contributed by atoms with van der Waals surface area (Å²) in [4.78, 5) is 8.99. The topological polar surface area (TPSA) is 56.7 Å². The summed E-state index contributed by atoms with van der Waals surface area (Å²) in [5, 5.41) is 4.11. The van der Waals surface area contributed by atoms with Gasteiger partial charge in [0, 0.05) is 17.7 Å². The van der Waals surface area contributed by atoms with Crippen molar-refractivity contribution in [2.45, 2.75) is 26.8 Å². The van der Waals surface area contributed by atoms with Gasteiger partial charge in [0.05, 0.1) is 17.4 Å². The molecule has 0 aliphatic carbocycles. The highest BCUT2D eigenvalue weighted by Crippen LogP contribution is 2.25. The minimum atomic E-state index is 0.529. The lowest BCUT2D eigenvalue weighted by Crippen LogP contribution is -1.93. The van der Waals surface area contributed by atoms with Crippen LogP contribution in [0.5, 0.6) is 0 Å². The molecule has 2 heterocycles. The van der Waals surface area contributed by atoms with Crippen LogP contribution in [-0.2, 0) is 6.54 Å². The number of hydrogen-bond donors (Lipinski definition) is 0. The van der Waals surface area contributed by atoms with Crippen LogP contribution in [-0.4, -0.2) is 19.7 Å². The first-order valence-electron chi connectivity index (χ1n) is 8.10. The van der Waals surface area contributed by atoms with Gasteiger partial charge in [-0.25, -0.2) is 4.98 Å². The molecular weight excluding hydrogens is 300 g/mol. The summed E-state index contributed by atoms with van der Waals surface area (Å²) in [7, 11) is 0. The average Bonchev–Trinajstić information content (AvgIpc) is 3.23. The van der Waals surface area contributed by atoms with Crippen molar-refractivity contribution in [3.05, 3.63) is 54.4 Å². The van der Waals surface area contributed by atoms with E-state index in [-0.39, 0.29) is 0 Å². The van der Waals surface area contributed by atoms with Crippen LogP contribution in [0.4, 0.5) is 0 Å². The van der Waals surface area contributed by atoms with Crippen LogP contribution in [0.15, 0.2) is 53.3 Å². The molecule has 0 atom stereocenters. The van der Waals surface area contributed by atoms with Crippen LogP contribution >= 0.6 is 0 Å². The lowest BCUT2D eigenvalue weighted by Gasteiger charge is -2.01. The number of nitrogens with zero attached hydrogens (tertiary/aromatic N) is 4. The van der Waals surface area contributed by atoms with E-state index >= 15 is 0 Å². The molecule has 0 unspecified atom stereocenters. The fourth-order valence-corrected chi connectivity index (χ4v) is 2.78. The predicted octanol–water partition coefficient (Wildman–Crippen LogP) is 4.47. The van der Waals surface area contributed by atoms with Crippen LogP contribution in [0.2, 0.25) is 0 Å². The quantitative estimate of drug-likeness (QED) is 0.557.